The summed E-state index contributed by atoms with van der Waals surface area (Å²) < 4.78 is 1.24. The highest BCUT2D eigenvalue weighted by Gasteiger charge is 2.28. The molecule has 0 aliphatic heterocycles. The van der Waals surface area contributed by atoms with Gasteiger partial charge in [0.05, 0.1) is 5.39 Å². The van der Waals surface area contributed by atoms with Gasteiger partial charge in [0.25, 0.3) is 0 Å². The van der Waals surface area contributed by atoms with Crippen molar-refractivity contribution in [2.45, 2.75) is 18.8 Å². The molecule has 0 radical (unpaired) electrons. The number of benzene rings is 2. The standard InChI is InChI=1S/C19H14ClN3S/c20-12-4-3-5-13(10-12)21-18-16-14-6-1-2-7-15(14)24-19(16)23-17(22-18)11-8-9-11/h1-7,10-11H,8-9H2,(H,21,22,23). The fourth-order valence-electron chi connectivity index (χ4n) is 2.96. The molecular weight excluding hydrogens is 338 g/mol. The highest BCUT2D eigenvalue weighted by Crippen LogP contribution is 2.43. The molecule has 2 aromatic carbocycles. The molecule has 3 nitrogen and oxygen atoms in total. The van der Waals surface area contributed by atoms with Crippen LogP contribution < -0.4 is 5.32 Å². The Labute approximate surface area is 148 Å². The van der Waals surface area contributed by atoms with Crippen LogP contribution in [0.15, 0.2) is 48.5 Å². The number of fused-ring (bicyclic) bond motifs is 3. The third-order valence-corrected chi connectivity index (χ3v) is 5.59. The smallest absolute Gasteiger partial charge is 0.143 e. The van der Waals surface area contributed by atoms with Gasteiger partial charge in [0.15, 0.2) is 0 Å². The molecule has 24 heavy (non-hydrogen) atoms. The van der Waals surface area contributed by atoms with Gasteiger partial charge in [-0.15, -0.1) is 11.3 Å². The summed E-state index contributed by atoms with van der Waals surface area (Å²) in [4.78, 5) is 10.7. The zero-order chi connectivity index (χ0) is 16.1. The fourth-order valence-corrected chi connectivity index (χ4v) is 4.23. The summed E-state index contributed by atoms with van der Waals surface area (Å²) in [5.74, 6) is 2.35. The summed E-state index contributed by atoms with van der Waals surface area (Å²) in [6.07, 6.45) is 2.38. The second kappa shape index (κ2) is 5.43. The Balaban J connectivity index is 1.74. The number of hydrogen-bond donors (Lipinski definition) is 1. The Bertz CT molecular complexity index is 1070. The summed E-state index contributed by atoms with van der Waals surface area (Å²) in [7, 11) is 0. The highest BCUT2D eigenvalue weighted by molar-refractivity contribution is 7.25. The Morgan fingerprint density at radius 2 is 1.92 bits per heavy atom. The fraction of sp³-hybridized carbons (Fsp3) is 0.158. The van der Waals surface area contributed by atoms with Gasteiger partial charge >= 0.3 is 0 Å². The Morgan fingerprint density at radius 1 is 1.04 bits per heavy atom. The van der Waals surface area contributed by atoms with Crippen molar-refractivity contribution in [1.82, 2.24) is 9.97 Å². The quantitative estimate of drug-likeness (QED) is 0.483. The number of hydrogen-bond acceptors (Lipinski definition) is 4. The molecule has 0 bridgehead atoms. The maximum Gasteiger partial charge on any atom is 0.143 e. The third kappa shape index (κ3) is 2.43. The van der Waals surface area contributed by atoms with Crippen molar-refractivity contribution in [2.75, 3.05) is 5.32 Å². The van der Waals surface area contributed by atoms with Crippen molar-refractivity contribution >= 4 is 54.7 Å². The van der Waals surface area contributed by atoms with Crippen molar-refractivity contribution in [3.8, 4) is 0 Å². The lowest BCUT2D eigenvalue weighted by molar-refractivity contribution is 0.954. The zero-order valence-electron chi connectivity index (χ0n) is 12.8. The molecule has 0 unspecified atom stereocenters. The van der Waals surface area contributed by atoms with Crippen LogP contribution in [-0.4, -0.2) is 9.97 Å². The normalized spacial score (nSPS) is 14.4. The molecule has 1 fully saturated rings. The van der Waals surface area contributed by atoms with Crippen LogP contribution in [-0.2, 0) is 0 Å². The molecule has 5 heteroatoms. The Hall–Kier alpha value is -2.17. The van der Waals surface area contributed by atoms with Crippen LogP contribution in [0.4, 0.5) is 11.5 Å². The molecule has 0 amide bonds. The summed E-state index contributed by atoms with van der Waals surface area (Å²) >= 11 is 7.86. The average molecular weight is 352 g/mol. The second-order valence-corrected chi connectivity index (χ2v) is 7.59. The number of anilines is 2. The van der Waals surface area contributed by atoms with Gasteiger partial charge in [-0.3, -0.25) is 0 Å². The van der Waals surface area contributed by atoms with Crippen molar-refractivity contribution in [2.24, 2.45) is 0 Å². The molecule has 0 atom stereocenters. The molecular formula is C19H14ClN3S. The topological polar surface area (TPSA) is 37.8 Å². The van der Waals surface area contributed by atoms with Gasteiger partial charge in [0.1, 0.15) is 16.5 Å². The van der Waals surface area contributed by atoms with Crippen LogP contribution in [0.1, 0.15) is 24.6 Å². The van der Waals surface area contributed by atoms with Crippen LogP contribution >= 0.6 is 22.9 Å². The second-order valence-electron chi connectivity index (χ2n) is 6.12. The maximum atomic E-state index is 6.12. The van der Waals surface area contributed by atoms with E-state index in [4.69, 9.17) is 21.6 Å². The largest absolute Gasteiger partial charge is 0.340 e. The first-order chi connectivity index (χ1) is 11.8. The molecule has 118 valence electrons. The van der Waals surface area contributed by atoms with E-state index in [9.17, 15) is 0 Å². The van der Waals surface area contributed by atoms with Gasteiger partial charge in [-0.25, -0.2) is 9.97 Å². The summed E-state index contributed by atoms with van der Waals surface area (Å²) in [6.45, 7) is 0. The molecule has 0 spiro atoms. The Kier molecular flexibility index (Phi) is 3.21. The molecule has 1 N–H and O–H groups in total. The van der Waals surface area contributed by atoms with Crippen LogP contribution in [0.3, 0.4) is 0 Å². The minimum absolute atomic E-state index is 0.513. The summed E-state index contributed by atoms with van der Waals surface area (Å²) in [5, 5.41) is 6.47. The van der Waals surface area contributed by atoms with Crippen molar-refractivity contribution < 1.29 is 0 Å². The third-order valence-electron chi connectivity index (χ3n) is 4.29. The molecule has 2 heterocycles. The number of rotatable bonds is 3. The van der Waals surface area contributed by atoms with E-state index in [0.29, 0.717) is 10.9 Å². The predicted molar refractivity (Wildman–Crippen MR) is 102 cm³/mol. The lowest BCUT2D eigenvalue weighted by atomic mass is 10.2. The van der Waals surface area contributed by atoms with E-state index >= 15 is 0 Å². The molecule has 1 aliphatic rings. The Morgan fingerprint density at radius 3 is 2.75 bits per heavy atom. The van der Waals surface area contributed by atoms with Gasteiger partial charge in [-0.2, -0.15) is 0 Å². The van der Waals surface area contributed by atoms with E-state index in [1.54, 1.807) is 11.3 Å². The number of nitrogens with one attached hydrogen (secondary N) is 1. The van der Waals surface area contributed by atoms with E-state index in [-0.39, 0.29) is 0 Å². The van der Waals surface area contributed by atoms with Crippen LogP contribution in [0.25, 0.3) is 20.3 Å². The summed E-state index contributed by atoms with van der Waals surface area (Å²) in [5.41, 5.74) is 0.944. The highest BCUT2D eigenvalue weighted by atomic mass is 35.5. The number of thiophene rings is 1. The van der Waals surface area contributed by atoms with Crippen LogP contribution in [0.2, 0.25) is 5.02 Å². The van der Waals surface area contributed by atoms with Gasteiger partial charge in [0, 0.05) is 26.7 Å². The van der Waals surface area contributed by atoms with E-state index in [1.807, 2.05) is 24.3 Å². The predicted octanol–water partition coefficient (Wildman–Crippen LogP) is 6.12. The van der Waals surface area contributed by atoms with Gasteiger partial charge in [-0.05, 0) is 37.1 Å². The average Bonchev–Trinajstić information content (AvgIpc) is 3.35. The monoisotopic (exact) mass is 351 g/mol. The number of nitrogens with zero attached hydrogens (tertiary/aromatic N) is 2. The lowest BCUT2D eigenvalue weighted by Gasteiger charge is -2.09. The van der Waals surface area contributed by atoms with Crippen LogP contribution in [0, 0.1) is 0 Å². The maximum absolute atomic E-state index is 6.12. The molecule has 5 rings (SSSR count). The number of halogens is 1. The van der Waals surface area contributed by atoms with Gasteiger partial charge < -0.3 is 5.32 Å². The molecule has 0 saturated heterocycles. The van der Waals surface area contributed by atoms with E-state index in [1.165, 1.54) is 22.9 Å². The van der Waals surface area contributed by atoms with Crippen molar-refractivity contribution in [1.29, 1.82) is 0 Å². The van der Waals surface area contributed by atoms with E-state index in [0.717, 1.165) is 27.5 Å². The van der Waals surface area contributed by atoms with Crippen molar-refractivity contribution in [3.63, 3.8) is 0 Å². The first-order valence-electron chi connectivity index (χ1n) is 8.00. The molecule has 1 saturated carbocycles. The van der Waals surface area contributed by atoms with Gasteiger partial charge in [0.2, 0.25) is 0 Å². The zero-order valence-corrected chi connectivity index (χ0v) is 14.4. The SMILES string of the molecule is Clc1cccc(Nc2nc(C3CC3)nc3sc4ccccc4c23)c1. The van der Waals surface area contributed by atoms with E-state index < -0.39 is 0 Å². The molecule has 2 aromatic heterocycles. The van der Waals surface area contributed by atoms with E-state index in [2.05, 4.69) is 29.6 Å². The van der Waals surface area contributed by atoms with Gasteiger partial charge in [-0.1, -0.05) is 35.9 Å². The molecule has 1 aliphatic carbocycles. The number of aromatic nitrogens is 2. The first-order valence-corrected chi connectivity index (χ1v) is 9.19. The minimum Gasteiger partial charge on any atom is -0.340 e. The van der Waals surface area contributed by atoms with Crippen molar-refractivity contribution in [3.05, 3.63) is 59.4 Å². The molecule has 4 aromatic rings. The van der Waals surface area contributed by atoms with Crippen LogP contribution in [0.5, 0.6) is 0 Å². The minimum atomic E-state index is 0.513. The summed E-state index contributed by atoms with van der Waals surface area (Å²) in [6, 6.07) is 16.1. The first kappa shape index (κ1) is 14.2. The lowest BCUT2D eigenvalue weighted by Crippen LogP contribution is -1.99.